The highest BCUT2D eigenvalue weighted by Gasteiger charge is 2.16. The van der Waals surface area contributed by atoms with E-state index in [1.807, 2.05) is 30.0 Å². The second-order valence-electron chi connectivity index (χ2n) is 4.00. The lowest BCUT2D eigenvalue weighted by atomic mass is 10.1. The number of methoxy groups -OCH3 is 1. The van der Waals surface area contributed by atoms with Crippen LogP contribution < -0.4 is 10.1 Å². The van der Waals surface area contributed by atoms with Gasteiger partial charge < -0.3 is 10.1 Å². The molecule has 88 valence electrons. The largest absolute Gasteiger partial charge is 0.496 e. The molecule has 1 aromatic carbocycles. The monoisotopic (exact) mass is 257 g/mol. The van der Waals surface area contributed by atoms with E-state index >= 15 is 0 Å². The molecule has 0 amide bonds. The number of rotatable bonds is 5. The van der Waals surface area contributed by atoms with Crippen molar-refractivity contribution in [3.63, 3.8) is 0 Å². The van der Waals surface area contributed by atoms with Crippen molar-refractivity contribution in [2.75, 3.05) is 26.0 Å². The maximum absolute atomic E-state index is 5.98. The summed E-state index contributed by atoms with van der Waals surface area (Å²) in [5.41, 5.74) is 1.19. The fourth-order valence-electron chi connectivity index (χ4n) is 1.66. The molecule has 0 atom stereocenters. The van der Waals surface area contributed by atoms with E-state index in [2.05, 4.69) is 5.32 Å². The lowest BCUT2D eigenvalue weighted by molar-refractivity contribution is 0.385. The van der Waals surface area contributed by atoms with Crippen molar-refractivity contribution in [3.8, 4) is 5.75 Å². The van der Waals surface area contributed by atoms with Crippen LogP contribution in [-0.2, 0) is 5.75 Å². The second-order valence-corrected chi connectivity index (χ2v) is 5.46. The maximum Gasteiger partial charge on any atom is 0.122 e. The summed E-state index contributed by atoms with van der Waals surface area (Å²) in [4.78, 5) is 0. The highest BCUT2D eigenvalue weighted by molar-refractivity contribution is 7.98. The smallest absolute Gasteiger partial charge is 0.122 e. The van der Waals surface area contributed by atoms with Gasteiger partial charge in [0.05, 0.1) is 7.11 Å². The molecule has 0 aromatic heterocycles. The Morgan fingerprint density at radius 1 is 1.50 bits per heavy atom. The molecule has 1 heterocycles. The Morgan fingerprint density at radius 3 is 2.94 bits per heavy atom. The van der Waals surface area contributed by atoms with Crippen LogP contribution in [0.4, 0.5) is 0 Å². The number of ether oxygens (including phenoxy) is 1. The van der Waals surface area contributed by atoms with Crippen molar-refractivity contribution >= 4 is 23.4 Å². The Balaban J connectivity index is 1.88. The highest BCUT2D eigenvalue weighted by Crippen LogP contribution is 2.27. The van der Waals surface area contributed by atoms with Crippen LogP contribution in [0, 0.1) is 5.92 Å². The third-order valence-electron chi connectivity index (χ3n) is 2.72. The van der Waals surface area contributed by atoms with Crippen molar-refractivity contribution in [1.29, 1.82) is 0 Å². The Morgan fingerprint density at radius 2 is 2.31 bits per heavy atom. The molecular formula is C12H16ClNOS. The summed E-state index contributed by atoms with van der Waals surface area (Å²) in [6.45, 7) is 2.33. The van der Waals surface area contributed by atoms with Gasteiger partial charge in [0.25, 0.3) is 0 Å². The standard InChI is InChI=1S/C12H16ClNOS/c1-15-12-3-2-11(13)4-10(12)8-16-7-9-5-14-6-9/h2-4,9,14H,5-8H2,1H3. The summed E-state index contributed by atoms with van der Waals surface area (Å²) < 4.78 is 5.31. The Bertz CT molecular complexity index is 355. The molecule has 2 nitrogen and oxygen atoms in total. The Hall–Kier alpha value is -0.380. The predicted molar refractivity (Wildman–Crippen MR) is 70.5 cm³/mol. The quantitative estimate of drug-likeness (QED) is 0.877. The predicted octanol–water partition coefficient (Wildman–Crippen LogP) is 2.80. The van der Waals surface area contributed by atoms with E-state index in [-0.39, 0.29) is 0 Å². The van der Waals surface area contributed by atoms with Gasteiger partial charge in [0.1, 0.15) is 5.75 Å². The summed E-state index contributed by atoms with van der Waals surface area (Å²) in [6, 6.07) is 5.79. The normalized spacial score (nSPS) is 15.9. The number of hydrogen-bond donors (Lipinski definition) is 1. The molecule has 0 aliphatic carbocycles. The van der Waals surface area contributed by atoms with Crippen LogP contribution in [0.15, 0.2) is 18.2 Å². The summed E-state index contributed by atoms with van der Waals surface area (Å²) >= 11 is 7.93. The van der Waals surface area contributed by atoms with Crippen LogP contribution in [0.5, 0.6) is 5.75 Å². The molecule has 0 radical (unpaired) electrons. The number of hydrogen-bond acceptors (Lipinski definition) is 3. The summed E-state index contributed by atoms with van der Waals surface area (Å²) in [7, 11) is 1.70. The minimum atomic E-state index is 0.779. The van der Waals surface area contributed by atoms with Crippen molar-refractivity contribution in [3.05, 3.63) is 28.8 Å². The zero-order valence-electron chi connectivity index (χ0n) is 9.33. The zero-order valence-corrected chi connectivity index (χ0v) is 10.9. The molecule has 16 heavy (non-hydrogen) atoms. The maximum atomic E-state index is 5.98. The van der Waals surface area contributed by atoms with Crippen LogP contribution in [0.2, 0.25) is 5.02 Å². The SMILES string of the molecule is COc1ccc(Cl)cc1CSCC1CNC1. The Kier molecular flexibility index (Phi) is 4.38. The van der Waals surface area contributed by atoms with Crippen LogP contribution in [0.3, 0.4) is 0 Å². The summed E-state index contributed by atoms with van der Waals surface area (Å²) in [5, 5.41) is 4.06. The third kappa shape index (κ3) is 3.06. The van der Waals surface area contributed by atoms with Crippen LogP contribution in [0.25, 0.3) is 0 Å². The van der Waals surface area contributed by atoms with Gasteiger partial charge in [0.2, 0.25) is 0 Å². The highest BCUT2D eigenvalue weighted by atomic mass is 35.5. The van der Waals surface area contributed by atoms with Gasteiger partial charge >= 0.3 is 0 Å². The summed E-state index contributed by atoms with van der Waals surface area (Å²) in [5.74, 6) is 3.96. The van der Waals surface area contributed by atoms with E-state index in [1.165, 1.54) is 24.4 Å². The van der Waals surface area contributed by atoms with Gasteiger partial charge in [-0.2, -0.15) is 11.8 Å². The second kappa shape index (κ2) is 5.80. The molecule has 0 saturated carbocycles. The molecule has 1 aromatic rings. The topological polar surface area (TPSA) is 21.3 Å². The van der Waals surface area contributed by atoms with Gasteiger partial charge in [0.15, 0.2) is 0 Å². The fourth-order valence-corrected chi connectivity index (χ4v) is 2.99. The third-order valence-corrected chi connectivity index (χ3v) is 4.18. The number of benzene rings is 1. The molecule has 1 saturated heterocycles. The van der Waals surface area contributed by atoms with Gasteiger partial charge in [0, 0.05) is 16.3 Å². The molecule has 0 unspecified atom stereocenters. The zero-order chi connectivity index (χ0) is 11.4. The first kappa shape index (κ1) is 12.1. The molecule has 0 bridgehead atoms. The van der Waals surface area contributed by atoms with Gasteiger partial charge in [-0.3, -0.25) is 0 Å². The van der Waals surface area contributed by atoms with E-state index in [9.17, 15) is 0 Å². The van der Waals surface area contributed by atoms with E-state index < -0.39 is 0 Å². The number of halogens is 1. The molecule has 0 spiro atoms. The van der Waals surface area contributed by atoms with Gasteiger partial charge in [-0.1, -0.05) is 11.6 Å². The van der Waals surface area contributed by atoms with Crippen molar-refractivity contribution in [2.45, 2.75) is 5.75 Å². The van der Waals surface area contributed by atoms with Gasteiger partial charge in [-0.05, 0) is 43.0 Å². The number of thioether (sulfide) groups is 1. The van der Waals surface area contributed by atoms with E-state index in [4.69, 9.17) is 16.3 Å². The van der Waals surface area contributed by atoms with E-state index in [1.54, 1.807) is 7.11 Å². The minimum Gasteiger partial charge on any atom is -0.496 e. The molecule has 1 N–H and O–H groups in total. The van der Waals surface area contributed by atoms with Gasteiger partial charge in [-0.25, -0.2) is 0 Å². The lowest BCUT2D eigenvalue weighted by Gasteiger charge is -2.26. The van der Waals surface area contributed by atoms with E-state index in [0.29, 0.717) is 0 Å². The molecule has 1 aliphatic heterocycles. The van der Waals surface area contributed by atoms with Gasteiger partial charge in [-0.15, -0.1) is 0 Å². The molecular weight excluding hydrogens is 242 g/mol. The average Bonchev–Trinajstić information content (AvgIpc) is 2.22. The molecule has 2 rings (SSSR count). The fraction of sp³-hybridized carbons (Fsp3) is 0.500. The summed E-state index contributed by atoms with van der Waals surface area (Å²) in [6.07, 6.45) is 0. The lowest BCUT2D eigenvalue weighted by Crippen LogP contribution is -2.43. The Labute approximate surface area is 106 Å². The van der Waals surface area contributed by atoms with Crippen LogP contribution in [0.1, 0.15) is 5.56 Å². The first-order valence-corrected chi connectivity index (χ1v) is 6.93. The van der Waals surface area contributed by atoms with Crippen LogP contribution in [-0.4, -0.2) is 26.0 Å². The minimum absolute atomic E-state index is 0.779. The molecule has 1 aliphatic rings. The molecule has 4 heteroatoms. The van der Waals surface area contributed by atoms with Crippen molar-refractivity contribution < 1.29 is 4.74 Å². The van der Waals surface area contributed by atoms with Crippen LogP contribution >= 0.6 is 23.4 Å². The average molecular weight is 258 g/mol. The van der Waals surface area contributed by atoms with Crippen molar-refractivity contribution in [1.82, 2.24) is 5.32 Å². The number of nitrogens with one attached hydrogen (secondary N) is 1. The first-order valence-electron chi connectivity index (χ1n) is 5.40. The van der Waals surface area contributed by atoms with Crippen molar-refractivity contribution in [2.24, 2.45) is 5.92 Å². The van der Waals surface area contributed by atoms with E-state index in [0.717, 1.165) is 22.4 Å². The first-order chi connectivity index (χ1) is 7.79. The molecule has 1 fully saturated rings.